The van der Waals surface area contributed by atoms with Crippen molar-refractivity contribution in [3.63, 3.8) is 0 Å². The molecule has 2 atom stereocenters. The van der Waals surface area contributed by atoms with Crippen molar-refractivity contribution in [1.29, 1.82) is 0 Å². The quantitative estimate of drug-likeness (QED) is 0.942. The van der Waals surface area contributed by atoms with Gasteiger partial charge in [0.15, 0.2) is 9.84 Å². The maximum Gasteiger partial charge on any atom is 0.151 e. The lowest BCUT2D eigenvalue weighted by atomic mass is 9.94. The Morgan fingerprint density at radius 3 is 2.20 bits per heavy atom. The SMILES string of the molecule is CNC(c1ccc(C)c2ccccc12)C(C)S(C)(=O)=O. The minimum absolute atomic E-state index is 0.213. The number of sulfone groups is 1. The van der Waals surface area contributed by atoms with Crippen LogP contribution in [0.4, 0.5) is 0 Å². The molecule has 0 aromatic heterocycles. The molecule has 0 aliphatic rings. The molecule has 2 aromatic carbocycles. The molecular weight excluding hydrogens is 270 g/mol. The van der Waals surface area contributed by atoms with Gasteiger partial charge < -0.3 is 5.32 Å². The van der Waals surface area contributed by atoms with E-state index in [2.05, 4.69) is 30.4 Å². The Kier molecular flexibility index (Phi) is 4.16. The van der Waals surface area contributed by atoms with Gasteiger partial charge in [-0.1, -0.05) is 36.4 Å². The van der Waals surface area contributed by atoms with Gasteiger partial charge in [-0.2, -0.15) is 0 Å². The van der Waals surface area contributed by atoms with E-state index >= 15 is 0 Å². The molecule has 20 heavy (non-hydrogen) atoms. The predicted molar refractivity (Wildman–Crippen MR) is 84.8 cm³/mol. The van der Waals surface area contributed by atoms with Gasteiger partial charge in [0, 0.05) is 12.3 Å². The molecule has 0 bridgehead atoms. The average molecular weight is 291 g/mol. The standard InChI is InChI=1S/C16H21NO2S/c1-11-9-10-15(14-8-6-5-7-13(11)14)16(17-3)12(2)20(4,18)19/h5-10,12,16-17H,1-4H3. The van der Waals surface area contributed by atoms with Crippen molar-refractivity contribution in [2.75, 3.05) is 13.3 Å². The van der Waals surface area contributed by atoms with E-state index in [4.69, 9.17) is 0 Å². The minimum atomic E-state index is -3.10. The molecule has 2 aromatic rings. The van der Waals surface area contributed by atoms with E-state index in [-0.39, 0.29) is 6.04 Å². The number of fused-ring (bicyclic) bond motifs is 1. The molecule has 0 aliphatic carbocycles. The van der Waals surface area contributed by atoms with Gasteiger partial charge in [-0.15, -0.1) is 0 Å². The zero-order valence-corrected chi connectivity index (χ0v) is 13.2. The van der Waals surface area contributed by atoms with Gasteiger partial charge in [-0.25, -0.2) is 8.42 Å². The van der Waals surface area contributed by atoms with Gasteiger partial charge in [0.1, 0.15) is 0 Å². The number of rotatable bonds is 4. The maximum atomic E-state index is 11.9. The Labute approximate surface area is 120 Å². The van der Waals surface area contributed by atoms with Crippen molar-refractivity contribution in [3.05, 3.63) is 47.5 Å². The molecular formula is C16H21NO2S. The van der Waals surface area contributed by atoms with Gasteiger partial charge in [0.2, 0.25) is 0 Å². The molecule has 0 radical (unpaired) electrons. The lowest BCUT2D eigenvalue weighted by molar-refractivity contribution is 0.537. The first kappa shape index (κ1) is 15.0. The molecule has 0 spiro atoms. The van der Waals surface area contributed by atoms with Crippen LogP contribution in [0.2, 0.25) is 0 Å². The van der Waals surface area contributed by atoms with Crippen LogP contribution in [0.3, 0.4) is 0 Å². The van der Waals surface area contributed by atoms with Gasteiger partial charge in [0.05, 0.1) is 5.25 Å². The molecule has 0 fully saturated rings. The summed E-state index contributed by atoms with van der Waals surface area (Å²) >= 11 is 0. The highest BCUT2D eigenvalue weighted by molar-refractivity contribution is 7.91. The number of hydrogen-bond donors (Lipinski definition) is 1. The van der Waals surface area contributed by atoms with Gasteiger partial charge in [-0.3, -0.25) is 0 Å². The third-order valence-electron chi connectivity index (χ3n) is 3.97. The highest BCUT2D eigenvalue weighted by Crippen LogP contribution is 2.30. The second kappa shape index (κ2) is 5.54. The van der Waals surface area contributed by atoms with Crippen LogP contribution < -0.4 is 5.32 Å². The van der Waals surface area contributed by atoms with Gasteiger partial charge >= 0.3 is 0 Å². The molecule has 0 saturated heterocycles. The van der Waals surface area contributed by atoms with Crippen molar-refractivity contribution < 1.29 is 8.42 Å². The summed E-state index contributed by atoms with van der Waals surface area (Å²) in [5.41, 5.74) is 2.23. The molecule has 1 N–H and O–H groups in total. The molecule has 2 unspecified atom stereocenters. The van der Waals surface area contributed by atoms with E-state index in [1.54, 1.807) is 14.0 Å². The molecule has 0 saturated carbocycles. The van der Waals surface area contributed by atoms with Crippen molar-refractivity contribution in [2.45, 2.75) is 25.1 Å². The Hall–Kier alpha value is -1.39. The topological polar surface area (TPSA) is 46.2 Å². The maximum absolute atomic E-state index is 11.9. The summed E-state index contributed by atoms with van der Waals surface area (Å²) in [4.78, 5) is 0. The molecule has 0 heterocycles. The Morgan fingerprint density at radius 2 is 1.65 bits per heavy atom. The van der Waals surface area contributed by atoms with E-state index in [0.717, 1.165) is 10.9 Å². The number of aryl methyl sites for hydroxylation is 1. The van der Waals surface area contributed by atoms with Crippen LogP contribution in [0.1, 0.15) is 24.1 Å². The van der Waals surface area contributed by atoms with Crippen molar-refractivity contribution >= 4 is 20.6 Å². The fourth-order valence-electron chi connectivity index (χ4n) is 2.63. The monoisotopic (exact) mass is 291 g/mol. The summed E-state index contributed by atoms with van der Waals surface area (Å²) in [6.07, 6.45) is 1.29. The van der Waals surface area contributed by atoms with E-state index in [1.807, 2.05) is 18.2 Å². The summed E-state index contributed by atoms with van der Waals surface area (Å²) in [6, 6.07) is 12.0. The van der Waals surface area contributed by atoms with Crippen molar-refractivity contribution in [1.82, 2.24) is 5.32 Å². The van der Waals surface area contributed by atoms with E-state index in [1.165, 1.54) is 17.2 Å². The van der Waals surface area contributed by atoms with E-state index in [9.17, 15) is 8.42 Å². The first-order valence-electron chi connectivity index (χ1n) is 6.70. The highest BCUT2D eigenvalue weighted by Gasteiger charge is 2.27. The molecule has 4 heteroatoms. The van der Waals surface area contributed by atoms with Gasteiger partial charge in [-0.05, 0) is 42.8 Å². The summed E-state index contributed by atoms with van der Waals surface area (Å²) < 4.78 is 23.7. The fraction of sp³-hybridized carbons (Fsp3) is 0.375. The second-order valence-electron chi connectivity index (χ2n) is 5.32. The lowest BCUT2D eigenvalue weighted by Crippen LogP contribution is -2.33. The third-order valence-corrected chi connectivity index (χ3v) is 5.59. The zero-order chi connectivity index (χ0) is 14.9. The zero-order valence-electron chi connectivity index (χ0n) is 12.3. The van der Waals surface area contributed by atoms with Crippen LogP contribution in [0.5, 0.6) is 0 Å². The largest absolute Gasteiger partial charge is 0.312 e. The molecule has 2 rings (SSSR count). The summed E-state index contributed by atoms with van der Waals surface area (Å²) in [6.45, 7) is 3.83. The molecule has 0 aliphatic heterocycles. The Balaban J connectivity index is 2.65. The first-order valence-corrected chi connectivity index (χ1v) is 8.66. The average Bonchev–Trinajstić information content (AvgIpc) is 2.41. The second-order valence-corrected chi connectivity index (χ2v) is 7.72. The van der Waals surface area contributed by atoms with Crippen LogP contribution in [0.15, 0.2) is 36.4 Å². The summed E-state index contributed by atoms with van der Waals surface area (Å²) in [7, 11) is -1.30. The highest BCUT2D eigenvalue weighted by atomic mass is 32.2. The molecule has 108 valence electrons. The van der Waals surface area contributed by atoms with E-state index < -0.39 is 15.1 Å². The Bertz CT molecular complexity index is 722. The lowest BCUT2D eigenvalue weighted by Gasteiger charge is -2.24. The van der Waals surface area contributed by atoms with Crippen molar-refractivity contribution in [2.24, 2.45) is 0 Å². The van der Waals surface area contributed by atoms with Crippen LogP contribution in [-0.4, -0.2) is 27.0 Å². The predicted octanol–water partition coefficient (Wildman–Crippen LogP) is 2.84. The van der Waals surface area contributed by atoms with Crippen molar-refractivity contribution in [3.8, 4) is 0 Å². The smallest absolute Gasteiger partial charge is 0.151 e. The van der Waals surface area contributed by atoms with Crippen LogP contribution in [0.25, 0.3) is 10.8 Å². The number of nitrogens with one attached hydrogen (secondary N) is 1. The number of hydrogen-bond acceptors (Lipinski definition) is 3. The fourth-order valence-corrected chi connectivity index (χ4v) is 3.41. The third kappa shape index (κ3) is 2.72. The van der Waals surface area contributed by atoms with Gasteiger partial charge in [0.25, 0.3) is 0 Å². The first-order chi connectivity index (χ1) is 9.36. The minimum Gasteiger partial charge on any atom is -0.312 e. The summed E-state index contributed by atoms with van der Waals surface area (Å²) in [5.74, 6) is 0. The van der Waals surface area contributed by atoms with Crippen LogP contribution in [-0.2, 0) is 9.84 Å². The van der Waals surface area contributed by atoms with E-state index in [0.29, 0.717) is 0 Å². The van der Waals surface area contributed by atoms with Crippen LogP contribution in [0, 0.1) is 6.92 Å². The molecule has 3 nitrogen and oxygen atoms in total. The number of benzene rings is 2. The molecule has 0 amide bonds. The summed E-state index contributed by atoms with van der Waals surface area (Å²) in [5, 5.41) is 4.97. The normalized spacial score (nSPS) is 15.2. The van der Waals surface area contributed by atoms with Crippen LogP contribution >= 0.6 is 0 Å². The Morgan fingerprint density at radius 1 is 1.05 bits per heavy atom.